The molecule has 31 heavy (non-hydrogen) atoms. The summed E-state index contributed by atoms with van der Waals surface area (Å²) < 4.78 is 18.3. The molecule has 11 heteroatoms. The Hall–Kier alpha value is -3.50. The van der Waals surface area contributed by atoms with Gasteiger partial charge in [0.05, 0.1) is 30.3 Å². The van der Waals surface area contributed by atoms with E-state index in [4.69, 9.17) is 4.98 Å². The second-order valence-corrected chi connectivity index (χ2v) is 7.96. The molecule has 1 fully saturated rings. The highest BCUT2D eigenvalue weighted by molar-refractivity contribution is 5.88. The number of aryl methyl sites for hydroxylation is 2. The number of aromatic nitrogens is 6. The number of hydrogen-bond donors (Lipinski definition) is 2. The molecule has 1 amide bonds. The molecule has 2 atom stereocenters. The summed E-state index contributed by atoms with van der Waals surface area (Å²) >= 11 is 0. The molecule has 0 aliphatic carbocycles. The van der Waals surface area contributed by atoms with Crippen molar-refractivity contribution in [2.45, 2.75) is 39.0 Å². The smallest absolute Gasteiger partial charge is 0.243 e. The summed E-state index contributed by atoms with van der Waals surface area (Å²) in [6.07, 6.45) is 3.48. The fourth-order valence-corrected chi connectivity index (χ4v) is 3.67. The number of hydrogen-bond acceptors (Lipinski definition) is 7. The van der Waals surface area contributed by atoms with Gasteiger partial charge in [0, 0.05) is 25.8 Å². The molecule has 3 aromatic heterocycles. The maximum Gasteiger partial charge on any atom is 0.243 e. The van der Waals surface area contributed by atoms with Crippen LogP contribution in [0.5, 0.6) is 0 Å². The van der Waals surface area contributed by atoms with Crippen molar-refractivity contribution in [3.63, 3.8) is 0 Å². The number of carbonyl (C=O) groups is 1. The van der Waals surface area contributed by atoms with Crippen LogP contribution in [0.25, 0.3) is 11.2 Å². The molecule has 1 saturated heterocycles. The second-order valence-electron chi connectivity index (χ2n) is 7.96. The van der Waals surface area contributed by atoms with E-state index >= 15 is 0 Å². The van der Waals surface area contributed by atoms with Crippen molar-refractivity contribution in [3.05, 3.63) is 30.9 Å². The fourth-order valence-electron chi connectivity index (χ4n) is 3.67. The summed E-state index contributed by atoms with van der Waals surface area (Å²) in [5.41, 5.74) is 2.89. The summed E-state index contributed by atoms with van der Waals surface area (Å²) in [6.45, 7) is 9.73. The second kappa shape index (κ2) is 7.97. The van der Waals surface area contributed by atoms with Gasteiger partial charge in [-0.1, -0.05) is 6.58 Å². The number of rotatable bonds is 6. The van der Waals surface area contributed by atoms with E-state index in [9.17, 15) is 9.18 Å². The van der Waals surface area contributed by atoms with Crippen molar-refractivity contribution in [1.29, 1.82) is 0 Å². The topological polar surface area (TPSA) is 106 Å². The highest BCUT2D eigenvalue weighted by Gasteiger charge is 2.35. The third kappa shape index (κ3) is 3.94. The van der Waals surface area contributed by atoms with Gasteiger partial charge in [0.1, 0.15) is 6.17 Å². The van der Waals surface area contributed by atoms with Crippen LogP contribution in [-0.4, -0.2) is 60.5 Å². The van der Waals surface area contributed by atoms with Gasteiger partial charge in [0.15, 0.2) is 17.0 Å². The van der Waals surface area contributed by atoms with Gasteiger partial charge in [-0.25, -0.2) is 9.37 Å². The SMILES string of the molecule is C=CC(=O)N[C@@H]1CN(c2nc(Nc3cn(C)nc3C)c3ncn(C(C)C)c3n2)CC1F. The van der Waals surface area contributed by atoms with Gasteiger partial charge in [-0.2, -0.15) is 15.1 Å². The van der Waals surface area contributed by atoms with Crippen LogP contribution in [0.4, 0.5) is 21.8 Å². The van der Waals surface area contributed by atoms with Gasteiger partial charge < -0.3 is 20.1 Å². The molecular formula is C20H26FN9O. The van der Waals surface area contributed by atoms with Gasteiger partial charge in [-0.05, 0) is 26.8 Å². The first-order valence-electron chi connectivity index (χ1n) is 10.1. The molecule has 10 nitrogen and oxygen atoms in total. The van der Waals surface area contributed by atoms with E-state index in [-0.39, 0.29) is 19.1 Å². The molecule has 0 bridgehead atoms. The number of carbonyl (C=O) groups excluding carboxylic acids is 1. The number of amides is 1. The van der Waals surface area contributed by atoms with E-state index in [1.807, 2.05) is 38.6 Å². The van der Waals surface area contributed by atoms with E-state index in [2.05, 4.69) is 32.3 Å². The summed E-state index contributed by atoms with van der Waals surface area (Å²) in [7, 11) is 1.84. The number of imidazole rings is 1. The van der Waals surface area contributed by atoms with Gasteiger partial charge in [0.25, 0.3) is 0 Å². The molecule has 1 aliphatic heterocycles. The largest absolute Gasteiger partial charge is 0.345 e. The summed E-state index contributed by atoms with van der Waals surface area (Å²) in [6, 6.07) is -0.523. The van der Waals surface area contributed by atoms with Gasteiger partial charge in [0.2, 0.25) is 11.9 Å². The Morgan fingerprint density at radius 2 is 2.13 bits per heavy atom. The van der Waals surface area contributed by atoms with Crippen molar-refractivity contribution >= 4 is 34.5 Å². The monoisotopic (exact) mass is 427 g/mol. The third-order valence-electron chi connectivity index (χ3n) is 5.28. The van der Waals surface area contributed by atoms with Crippen molar-refractivity contribution in [2.75, 3.05) is 23.3 Å². The predicted molar refractivity (Wildman–Crippen MR) is 116 cm³/mol. The molecule has 4 rings (SSSR count). The molecule has 1 unspecified atom stereocenters. The lowest BCUT2D eigenvalue weighted by atomic mass is 10.2. The van der Waals surface area contributed by atoms with E-state index in [0.717, 1.165) is 17.5 Å². The summed E-state index contributed by atoms with van der Waals surface area (Å²) in [5, 5.41) is 10.3. The predicted octanol–water partition coefficient (Wildman–Crippen LogP) is 2.02. The quantitative estimate of drug-likeness (QED) is 0.580. The first-order chi connectivity index (χ1) is 14.8. The number of fused-ring (bicyclic) bond motifs is 1. The molecule has 0 saturated carbocycles. The first kappa shape index (κ1) is 20.8. The molecule has 0 aromatic carbocycles. The Kier molecular flexibility index (Phi) is 5.34. The minimum Gasteiger partial charge on any atom is -0.345 e. The van der Waals surface area contributed by atoms with Crippen LogP contribution in [-0.2, 0) is 11.8 Å². The number of nitrogens with one attached hydrogen (secondary N) is 2. The van der Waals surface area contributed by atoms with Crippen LogP contribution in [0.1, 0.15) is 25.6 Å². The fraction of sp³-hybridized carbons (Fsp3) is 0.450. The maximum atomic E-state index is 14.6. The minimum absolute atomic E-state index is 0.0781. The zero-order valence-corrected chi connectivity index (χ0v) is 18.0. The van der Waals surface area contributed by atoms with Crippen LogP contribution in [0, 0.1) is 6.92 Å². The summed E-state index contributed by atoms with van der Waals surface area (Å²) in [4.78, 5) is 27.2. The lowest BCUT2D eigenvalue weighted by molar-refractivity contribution is -0.117. The Morgan fingerprint density at radius 1 is 1.35 bits per heavy atom. The minimum atomic E-state index is -1.24. The number of nitrogens with zero attached hydrogens (tertiary/aromatic N) is 7. The van der Waals surface area contributed by atoms with Crippen molar-refractivity contribution in [1.82, 2.24) is 34.6 Å². The molecule has 4 heterocycles. The van der Waals surface area contributed by atoms with Gasteiger partial charge >= 0.3 is 0 Å². The Balaban J connectivity index is 1.73. The van der Waals surface area contributed by atoms with Gasteiger partial charge in [-0.15, -0.1) is 0 Å². The molecule has 0 spiro atoms. The van der Waals surface area contributed by atoms with E-state index in [0.29, 0.717) is 22.9 Å². The Morgan fingerprint density at radius 3 is 2.77 bits per heavy atom. The van der Waals surface area contributed by atoms with Crippen molar-refractivity contribution < 1.29 is 9.18 Å². The Bertz CT molecular complexity index is 1140. The van der Waals surface area contributed by atoms with Crippen LogP contribution in [0.2, 0.25) is 0 Å². The third-order valence-corrected chi connectivity index (χ3v) is 5.28. The average molecular weight is 427 g/mol. The van der Waals surface area contributed by atoms with Crippen LogP contribution < -0.4 is 15.5 Å². The molecule has 3 aromatic rings. The number of anilines is 3. The maximum absolute atomic E-state index is 14.6. The average Bonchev–Trinajstić information content (AvgIpc) is 3.39. The zero-order chi connectivity index (χ0) is 22.3. The van der Waals surface area contributed by atoms with E-state index in [1.54, 1.807) is 15.9 Å². The van der Waals surface area contributed by atoms with Crippen LogP contribution >= 0.6 is 0 Å². The zero-order valence-electron chi connectivity index (χ0n) is 18.0. The lowest BCUT2D eigenvalue weighted by Crippen LogP contribution is -2.40. The molecule has 1 aliphatic rings. The summed E-state index contributed by atoms with van der Waals surface area (Å²) in [5.74, 6) is 0.486. The van der Waals surface area contributed by atoms with E-state index < -0.39 is 18.1 Å². The highest BCUT2D eigenvalue weighted by atomic mass is 19.1. The van der Waals surface area contributed by atoms with Gasteiger partial charge in [-0.3, -0.25) is 9.48 Å². The molecule has 2 N–H and O–H groups in total. The lowest BCUT2D eigenvalue weighted by Gasteiger charge is -2.18. The van der Waals surface area contributed by atoms with Crippen molar-refractivity contribution in [2.24, 2.45) is 7.05 Å². The van der Waals surface area contributed by atoms with Crippen LogP contribution in [0.3, 0.4) is 0 Å². The standard InChI is InChI=1S/C20H26FN9O/c1-6-16(31)23-15-9-29(7-13(15)21)20-25-18(24-14-8-28(5)27-12(14)4)17-19(26-20)30(10-22-17)11(2)3/h6,8,10-11,13,15H,1,7,9H2,2-5H3,(H,23,31)(H,24,25,26)/t13?,15-/m1/s1. The molecule has 164 valence electrons. The van der Waals surface area contributed by atoms with Crippen LogP contribution in [0.15, 0.2) is 25.2 Å². The number of alkyl halides is 1. The highest BCUT2D eigenvalue weighted by Crippen LogP contribution is 2.29. The molecule has 0 radical (unpaired) electrons. The number of halogens is 1. The Labute approximate surface area is 179 Å². The van der Waals surface area contributed by atoms with Crippen molar-refractivity contribution in [3.8, 4) is 0 Å². The molecular weight excluding hydrogens is 401 g/mol. The first-order valence-corrected chi connectivity index (χ1v) is 10.1. The van der Waals surface area contributed by atoms with E-state index in [1.165, 1.54) is 0 Å². The normalized spacial score (nSPS) is 18.7.